The van der Waals surface area contributed by atoms with Gasteiger partial charge in [0.15, 0.2) is 6.61 Å². The van der Waals surface area contributed by atoms with Crippen LogP contribution in [-0.2, 0) is 19.2 Å². The van der Waals surface area contributed by atoms with Crippen LogP contribution in [-0.4, -0.2) is 56.6 Å². The molecule has 48 heavy (non-hydrogen) atoms. The van der Waals surface area contributed by atoms with Crippen LogP contribution in [0.25, 0.3) is 0 Å². The average molecular weight is 751 g/mol. The minimum atomic E-state index is -1.22. The highest BCUT2D eigenvalue weighted by Crippen LogP contribution is 2.69. The molecule has 2 aliphatic carbocycles. The number of nitrogens with one attached hydrogen (secondary N) is 2. The normalized spacial score (nSPS) is 27.5. The van der Waals surface area contributed by atoms with Crippen molar-refractivity contribution in [3.8, 4) is 5.75 Å². The highest BCUT2D eigenvalue weighted by Gasteiger charge is 2.70. The summed E-state index contributed by atoms with van der Waals surface area (Å²) < 4.78 is 6.11. The minimum absolute atomic E-state index is 0.0356. The maximum Gasteiger partial charge on any atom is 0.326 e. The number of aromatic amines is 1. The number of nitrogens with zero attached hydrogens (tertiary/aromatic N) is 1. The lowest BCUT2D eigenvalue weighted by molar-refractivity contribution is -0.156. The Balaban J connectivity index is 1.22. The molecule has 3 fully saturated rings. The third kappa shape index (κ3) is 5.63. The molecule has 15 heteroatoms. The SMILES string of the molecule is CC(C)CC(C(=O)O)N1C(=O)C2C3CC(C2C1=O)C1C3Sc2[nH]c(=O)sc2[C@@H]1c1cc(Cl)ccc1OCC(=O)Nc1ccc(Cl)c(Cl)c1. The molecular formula is C33H30Cl3N3O7S2. The fraction of sp³-hybridized carbons (Fsp3) is 0.424. The number of carboxylic acids is 1. The number of carboxylic acid groups (broad SMARTS) is 1. The molecule has 7 rings (SSSR count). The summed E-state index contributed by atoms with van der Waals surface area (Å²) in [6.07, 6.45) is 0.801. The van der Waals surface area contributed by atoms with Crippen LogP contribution < -0.4 is 14.9 Å². The van der Waals surface area contributed by atoms with Crippen LogP contribution in [0, 0.1) is 35.5 Å². The van der Waals surface area contributed by atoms with Crippen LogP contribution in [0.3, 0.4) is 0 Å². The second kappa shape index (κ2) is 12.7. The lowest BCUT2D eigenvalue weighted by atomic mass is 9.68. The Hall–Kier alpha value is -3.03. The molecule has 3 amide bonds. The number of thiazole rings is 1. The van der Waals surface area contributed by atoms with Crippen molar-refractivity contribution in [2.45, 2.75) is 48.9 Å². The maximum atomic E-state index is 14.0. The minimum Gasteiger partial charge on any atom is -0.483 e. The van der Waals surface area contributed by atoms with E-state index in [0.29, 0.717) is 43.5 Å². The van der Waals surface area contributed by atoms with Gasteiger partial charge in [-0.15, -0.1) is 11.8 Å². The Kier molecular flexibility index (Phi) is 8.85. The first-order chi connectivity index (χ1) is 22.8. The van der Waals surface area contributed by atoms with E-state index < -0.39 is 47.5 Å². The molecule has 0 radical (unpaired) electrons. The monoisotopic (exact) mass is 749 g/mol. The number of benzene rings is 2. The van der Waals surface area contributed by atoms with Gasteiger partial charge in [0.05, 0.1) is 26.9 Å². The van der Waals surface area contributed by atoms with Gasteiger partial charge in [-0.3, -0.25) is 24.1 Å². The first-order valence-electron chi connectivity index (χ1n) is 15.5. The van der Waals surface area contributed by atoms with Crippen molar-refractivity contribution in [1.82, 2.24) is 9.88 Å². The lowest BCUT2D eigenvalue weighted by Crippen LogP contribution is -2.47. The van der Waals surface area contributed by atoms with Crippen LogP contribution in [0.2, 0.25) is 15.1 Å². The Bertz CT molecular complexity index is 1910. The quantitative estimate of drug-likeness (QED) is 0.214. The van der Waals surface area contributed by atoms with E-state index in [0.717, 1.165) is 21.1 Å². The predicted molar refractivity (Wildman–Crippen MR) is 183 cm³/mol. The number of amides is 3. The Morgan fingerprint density at radius 2 is 1.77 bits per heavy atom. The summed E-state index contributed by atoms with van der Waals surface area (Å²) in [6.45, 7) is 3.38. The van der Waals surface area contributed by atoms with Crippen molar-refractivity contribution in [3.05, 3.63) is 71.6 Å². The smallest absolute Gasteiger partial charge is 0.326 e. The molecular weight excluding hydrogens is 721 g/mol. The van der Waals surface area contributed by atoms with E-state index in [1.54, 1.807) is 30.3 Å². The fourth-order valence-electron chi connectivity index (χ4n) is 8.27. The van der Waals surface area contributed by atoms with E-state index in [4.69, 9.17) is 39.5 Å². The van der Waals surface area contributed by atoms with Gasteiger partial charge in [-0.25, -0.2) is 4.79 Å². The molecule has 3 N–H and O–H groups in total. The molecule has 2 bridgehead atoms. The highest BCUT2D eigenvalue weighted by molar-refractivity contribution is 8.00. The zero-order valence-electron chi connectivity index (χ0n) is 25.6. The number of carbonyl (C=O) groups is 4. The summed E-state index contributed by atoms with van der Waals surface area (Å²) in [5, 5.41) is 14.4. The van der Waals surface area contributed by atoms with E-state index in [1.165, 1.54) is 17.8 Å². The first-order valence-corrected chi connectivity index (χ1v) is 18.3. The second-order valence-electron chi connectivity index (χ2n) is 13.1. The van der Waals surface area contributed by atoms with E-state index in [-0.39, 0.29) is 46.8 Å². The Labute approximate surface area is 298 Å². The number of halogens is 3. The van der Waals surface area contributed by atoms with Gasteiger partial charge >= 0.3 is 10.8 Å². The van der Waals surface area contributed by atoms with Gasteiger partial charge in [-0.2, -0.15) is 0 Å². The lowest BCUT2D eigenvalue weighted by Gasteiger charge is -2.43. The molecule has 8 atom stereocenters. The number of hydrogen-bond donors (Lipinski definition) is 3. The van der Waals surface area contributed by atoms with Gasteiger partial charge in [0.25, 0.3) is 5.91 Å². The summed E-state index contributed by atoms with van der Waals surface area (Å²) in [6, 6.07) is 8.60. The number of imide groups is 1. The number of thioether (sulfide) groups is 1. The molecule has 0 spiro atoms. The van der Waals surface area contributed by atoms with E-state index in [1.807, 2.05) is 13.8 Å². The number of carbonyl (C=O) groups excluding carboxylic acids is 3. The van der Waals surface area contributed by atoms with Gasteiger partial charge < -0.3 is 20.1 Å². The fourth-order valence-corrected chi connectivity index (χ4v) is 11.6. The molecule has 252 valence electrons. The third-order valence-electron chi connectivity index (χ3n) is 9.92. The molecule has 3 aromatic rings. The summed E-state index contributed by atoms with van der Waals surface area (Å²) >= 11 is 21.2. The number of ether oxygens (including phenoxy) is 1. The van der Waals surface area contributed by atoms with Crippen molar-refractivity contribution in [1.29, 1.82) is 0 Å². The first kappa shape index (κ1) is 33.5. The summed E-state index contributed by atoms with van der Waals surface area (Å²) in [4.78, 5) is 70.4. The van der Waals surface area contributed by atoms with Gasteiger partial charge in [0, 0.05) is 32.3 Å². The summed E-state index contributed by atoms with van der Waals surface area (Å²) in [7, 11) is 0. The molecule has 4 aliphatic rings. The van der Waals surface area contributed by atoms with Gasteiger partial charge in [0.1, 0.15) is 11.8 Å². The molecule has 2 aromatic carbocycles. The third-order valence-corrected chi connectivity index (χ3v) is 13.5. The second-order valence-corrected chi connectivity index (χ2v) is 16.6. The zero-order valence-corrected chi connectivity index (χ0v) is 29.5. The van der Waals surface area contributed by atoms with Gasteiger partial charge in [-0.1, -0.05) is 60.0 Å². The zero-order chi connectivity index (χ0) is 34.2. The number of aromatic nitrogens is 1. The van der Waals surface area contributed by atoms with Crippen LogP contribution in [0.1, 0.15) is 43.0 Å². The van der Waals surface area contributed by atoms with Crippen LogP contribution in [0.5, 0.6) is 5.75 Å². The van der Waals surface area contributed by atoms with Crippen LogP contribution in [0.15, 0.2) is 46.2 Å². The molecule has 7 unspecified atom stereocenters. The van der Waals surface area contributed by atoms with E-state index in [2.05, 4.69) is 10.3 Å². The topological polar surface area (TPSA) is 146 Å². The van der Waals surface area contributed by atoms with Crippen molar-refractivity contribution in [3.63, 3.8) is 0 Å². The molecule has 2 saturated carbocycles. The molecule has 1 saturated heterocycles. The predicted octanol–water partition coefficient (Wildman–Crippen LogP) is 6.39. The van der Waals surface area contributed by atoms with Crippen molar-refractivity contribution >= 4 is 87.3 Å². The Morgan fingerprint density at radius 1 is 1.04 bits per heavy atom. The number of fused-ring (bicyclic) bond motifs is 9. The molecule has 2 aliphatic heterocycles. The van der Waals surface area contributed by atoms with E-state index >= 15 is 0 Å². The number of likely N-dealkylation sites (tertiary alicyclic amines) is 1. The van der Waals surface area contributed by atoms with Gasteiger partial charge in [-0.05, 0) is 72.9 Å². The van der Waals surface area contributed by atoms with Crippen molar-refractivity contribution in [2.24, 2.45) is 35.5 Å². The number of rotatable bonds is 9. The largest absolute Gasteiger partial charge is 0.483 e. The molecule has 3 heterocycles. The molecule has 1 aromatic heterocycles. The summed E-state index contributed by atoms with van der Waals surface area (Å²) in [5.74, 6) is -4.43. The van der Waals surface area contributed by atoms with Crippen LogP contribution in [0.4, 0.5) is 5.69 Å². The molecule has 10 nitrogen and oxygen atoms in total. The highest BCUT2D eigenvalue weighted by atomic mass is 35.5. The average Bonchev–Trinajstić information content (AvgIpc) is 3.76. The van der Waals surface area contributed by atoms with E-state index in [9.17, 15) is 29.1 Å². The number of aliphatic carboxylic acids is 1. The van der Waals surface area contributed by atoms with Crippen molar-refractivity contribution < 1.29 is 29.0 Å². The van der Waals surface area contributed by atoms with Gasteiger partial charge in [0.2, 0.25) is 11.8 Å². The number of anilines is 1. The van der Waals surface area contributed by atoms with Crippen LogP contribution >= 0.6 is 57.9 Å². The number of H-pyrrole nitrogens is 1. The summed E-state index contributed by atoms with van der Waals surface area (Å²) in [5.41, 5.74) is 1.11. The number of hydrogen-bond acceptors (Lipinski definition) is 8. The standard InChI is InChI=1S/C33H30Cl3N3O7S2/c1-12(2)7-20(32(43)44)39-30(41)25-16-10-17(26(25)31(39)42)27-24(16)23(28-29(47-27)38-33(45)48-28)15-8-13(34)3-6-21(15)46-11-22(40)37-14-4-5-18(35)19(36)9-14/h3-6,8-9,12,16-17,20,23-27H,7,10-11H2,1-2H3,(H,37,40)(H,38,45)(H,43,44)/t16?,17?,20?,23-,24?,25?,26?,27?/m1/s1. The Morgan fingerprint density at radius 3 is 2.46 bits per heavy atom. The van der Waals surface area contributed by atoms with Crippen molar-refractivity contribution in [2.75, 3.05) is 11.9 Å². The maximum absolute atomic E-state index is 14.0.